The minimum atomic E-state index is -0.284. The van der Waals surface area contributed by atoms with E-state index < -0.39 is 0 Å². The van der Waals surface area contributed by atoms with Crippen molar-refractivity contribution in [3.63, 3.8) is 0 Å². The molecule has 0 fully saturated rings. The number of hydrogen-bond donors (Lipinski definition) is 1. The lowest BCUT2D eigenvalue weighted by Gasteiger charge is -2.03. The van der Waals surface area contributed by atoms with E-state index in [0.717, 1.165) is 5.69 Å². The minimum Gasteiger partial charge on any atom is -0.369 e. The topological polar surface area (TPSA) is 43.8 Å². The van der Waals surface area contributed by atoms with Gasteiger partial charge >= 0.3 is 0 Å². The molecule has 0 aliphatic carbocycles. The summed E-state index contributed by atoms with van der Waals surface area (Å²) in [4.78, 5) is 4.04. The van der Waals surface area contributed by atoms with Crippen LogP contribution in [0.5, 0.6) is 0 Å². The smallest absolute Gasteiger partial charge is 0.205 e. The molecule has 0 saturated heterocycles. The first-order valence-electron chi connectivity index (χ1n) is 4.24. The molecule has 3 nitrogen and oxygen atoms in total. The second-order valence-corrected chi connectivity index (χ2v) is 3.09. The molecule has 2 N–H and O–H groups in total. The van der Waals surface area contributed by atoms with Gasteiger partial charge in [-0.2, -0.15) is 0 Å². The zero-order valence-electron chi connectivity index (χ0n) is 7.74. The molecule has 0 saturated carbocycles. The predicted octanol–water partition coefficient (Wildman–Crippen LogP) is 1.90. The standard InChI is InChI=1S/C10H10FN3/c1-7-6-14(10(12)13-7)9-4-2-3-8(11)5-9/h2-6H,1H3,(H2,12,13). The Morgan fingerprint density at radius 3 is 2.79 bits per heavy atom. The molecule has 0 radical (unpaired) electrons. The van der Waals surface area contributed by atoms with Crippen LogP contribution >= 0.6 is 0 Å². The van der Waals surface area contributed by atoms with Crippen molar-refractivity contribution in [2.24, 2.45) is 0 Å². The zero-order valence-corrected chi connectivity index (χ0v) is 7.74. The number of nitrogen functional groups attached to an aromatic ring is 1. The van der Waals surface area contributed by atoms with Gasteiger partial charge in [-0.05, 0) is 25.1 Å². The van der Waals surface area contributed by atoms with Gasteiger partial charge in [-0.25, -0.2) is 9.37 Å². The predicted molar refractivity (Wildman–Crippen MR) is 52.7 cm³/mol. The van der Waals surface area contributed by atoms with Crippen molar-refractivity contribution in [3.05, 3.63) is 42.0 Å². The van der Waals surface area contributed by atoms with Gasteiger partial charge in [0.25, 0.3) is 0 Å². The molecule has 1 heterocycles. The van der Waals surface area contributed by atoms with Gasteiger partial charge in [0.2, 0.25) is 5.95 Å². The van der Waals surface area contributed by atoms with Gasteiger partial charge in [0.15, 0.2) is 0 Å². The van der Waals surface area contributed by atoms with Crippen molar-refractivity contribution >= 4 is 5.95 Å². The van der Waals surface area contributed by atoms with E-state index in [1.165, 1.54) is 12.1 Å². The van der Waals surface area contributed by atoms with Crippen LogP contribution in [0.1, 0.15) is 5.69 Å². The van der Waals surface area contributed by atoms with Crippen LogP contribution < -0.4 is 5.73 Å². The van der Waals surface area contributed by atoms with Gasteiger partial charge in [0.1, 0.15) is 5.82 Å². The maximum absolute atomic E-state index is 12.9. The number of imidazole rings is 1. The number of anilines is 1. The largest absolute Gasteiger partial charge is 0.369 e. The fraction of sp³-hybridized carbons (Fsp3) is 0.100. The summed E-state index contributed by atoms with van der Waals surface area (Å²) >= 11 is 0. The summed E-state index contributed by atoms with van der Waals surface area (Å²) in [6.45, 7) is 1.84. The summed E-state index contributed by atoms with van der Waals surface area (Å²) in [5.74, 6) is 0.0846. The monoisotopic (exact) mass is 191 g/mol. The molecular formula is C10H10FN3. The van der Waals surface area contributed by atoms with E-state index in [9.17, 15) is 4.39 Å². The number of aryl methyl sites for hydroxylation is 1. The minimum absolute atomic E-state index is 0.284. The summed E-state index contributed by atoms with van der Waals surface area (Å²) in [5.41, 5.74) is 7.15. The lowest BCUT2D eigenvalue weighted by Crippen LogP contribution is -1.99. The first-order valence-corrected chi connectivity index (χ1v) is 4.24. The molecule has 4 heteroatoms. The molecule has 1 aromatic heterocycles. The molecule has 0 bridgehead atoms. The lowest BCUT2D eigenvalue weighted by atomic mass is 10.3. The van der Waals surface area contributed by atoms with E-state index in [-0.39, 0.29) is 5.82 Å². The molecular weight excluding hydrogens is 181 g/mol. The van der Waals surface area contributed by atoms with Gasteiger partial charge in [-0.3, -0.25) is 4.57 Å². The lowest BCUT2D eigenvalue weighted by molar-refractivity contribution is 0.626. The highest BCUT2D eigenvalue weighted by Gasteiger charge is 2.03. The maximum Gasteiger partial charge on any atom is 0.205 e. The average molecular weight is 191 g/mol. The van der Waals surface area contributed by atoms with Crippen LogP contribution in [0.25, 0.3) is 5.69 Å². The highest BCUT2D eigenvalue weighted by molar-refractivity contribution is 5.40. The Morgan fingerprint density at radius 1 is 1.43 bits per heavy atom. The molecule has 0 spiro atoms. The Hall–Kier alpha value is -1.84. The molecule has 0 unspecified atom stereocenters. The number of benzene rings is 1. The van der Waals surface area contributed by atoms with Crippen LogP contribution in [0.3, 0.4) is 0 Å². The summed E-state index contributed by atoms with van der Waals surface area (Å²) in [6, 6.07) is 6.22. The van der Waals surface area contributed by atoms with E-state index in [0.29, 0.717) is 11.6 Å². The molecule has 0 aliphatic heterocycles. The third-order valence-electron chi connectivity index (χ3n) is 1.94. The number of hydrogen-bond acceptors (Lipinski definition) is 2. The van der Waals surface area contributed by atoms with Gasteiger partial charge in [0, 0.05) is 6.20 Å². The van der Waals surface area contributed by atoms with E-state index in [1.807, 2.05) is 6.92 Å². The zero-order chi connectivity index (χ0) is 10.1. The first kappa shape index (κ1) is 8.74. The third-order valence-corrected chi connectivity index (χ3v) is 1.94. The summed E-state index contributed by atoms with van der Waals surface area (Å²) in [6.07, 6.45) is 1.77. The molecule has 2 rings (SSSR count). The first-order chi connectivity index (χ1) is 6.66. The summed E-state index contributed by atoms with van der Waals surface area (Å²) in [7, 11) is 0. The quantitative estimate of drug-likeness (QED) is 0.748. The second kappa shape index (κ2) is 3.14. The number of nitrogens with two attached hydrogens (primary N) is 1. The molecule has 2 aromatic rings. The molecule has 0 aliphatic rings. The number of halogens is 1. The van der Waals surface area contributed by atoms with E-state index in [4.69, 9.17) is 5.73 Å². The SMILES string of the molecule is Cc1cn(-c2cccc(F)c2)c(N)n1. The second-order valence-electron chi connectivity index (χ2n) is 3.09. The highest BCUT2D eigenvalue weighted by Crippen LogP contribution is 2.14. The van der Waals surface area contributed by atoms with Crippen molar-refractivity contribution in [1.82, 2.24) is 9.55 Å². The molecule has 0 atom stereocenters. The van der Waals surface area contributed by atoms with Crippen molar-refractivity contribution in [2.45, 2.75) is 6.92 Å². The van der Waals surface area contributed by atoms with Crippen LogP contribution in [-0.4, -0.2) is 9.55 Å². The molecule has 72 valence electrons. The number of nitrogens with zero attached hydrogens (tertiary/aromatic N) is 2. The van der Waals surface area contributed by atoms with Crippen molar-refractivity contribution in [1.29, 1.82) is 0 Å². The van der Waals surface area contributed by atoms with Crippen LogP contribution in [0.4, 0.5) is 10.3 Å². The van der Waals surface area contributed by atoms with E-state index >= 15 is 0 Å². The Labute approximate surface area is 81.0 Å². The van der Waals surface area contributed by atoms with Gasteiger partial charge in [0.05, 0.1) is 11.4 Å². The maximum atomic E-state index is 12.9. The highest BCUT2D eigenvalue weighted by atomic mass is 19.1. The van der Waals surface area contributed by atoms with Crippen molar-refractivity contribution < 1.29 is 4.39 Å². The Kier molecular flexibility index (Phi) is 1.96. The molecule has 14 heavy (non-hydrogen) atoms. The van der Waals surface area contributed by atoms with Gasteiger partial charge < -0.3 is 5.73 Å². The normalized spacial score (nSPS) is 10.4. The Balaban J connectivity index is 2.54. The Bertz CT molecular complexity index is 462. The third kappa shape index (κ3) is 1.46. The Morgan fingerprint density at radius 2 is 2.21 bits per heavy atom. The molecule has 0 amide bonds. The number of aromatic nitrogens is 2. The van der Waals surface area contributed by atoms with Gasteiger partial charge in [-0.15, -0.1) is 0 Å². The summed E-state index contributed by atoms with van der Waals surface area (Å²) in [5, 5.41) is 0. The van der Waals surface area contributed by atoms with Crippen LogP contribution in [0, 0.1) is 12.7 Å². The van der Waals surface area contributed by atoms with E-state index in [2.05, 4.69) is 4.98 Å². The molecule has 1 aromatic carbocycles. The van der Waals surface area contributed by atoms with Crippen LogP contribution in [0.15, 0.2) is 30.5 Å². The average Bonchev–Trinajstić information content (AvgIpc) is 2.45. The van der Waals surface area contributed by atoms with E-state index in [1.54, 1.807) is 22.9 Å². The fourth-order valence-electron chi connectivity index (χ4n) is 1.35. The van der Waals surface area contributed by atoms with Crippen LogP contribution in [-0.2, 0) is 0 Å². The van der Waals surface area contributed by atoms with Crippen LogP contribution in [0.2, 0.25) is 0 Å². The number of rotatable bonds is 1. The van der Waals surface area contributed by atoms with Crippen molar-refractivity contribution in [2.75, 3.05) is 5.73 Å². The van der Waals surface area contributed by atoms with Gasteiger partial charge in [-0.1, -0.05) is 6.07 Å². The fourth-order valence-corrected chi connectivity index (χ4v) is 1.35. The van der Waals surface area contributed by atoms with Crippen molar-refractivity contribution in [3.8, 4) is 5.69 Å². The summed E-state index contributed by atoms with van der Waals surface area (Å²) < 4.78 is 14.6.